The fourth-order valence-electron chi connectivity index (χ4n) is 2.77. The Morgan fingerprint density at radius 2 is 2.09 bits per heavy atom. The molecule has 0 saturated carbocycles. The summed E-state index contributed by atoms with van der Waals surface area (Å²) in [6, 6.07) is 10.1. The number of hydrogen-bond acceptors (Lipinski definition) is 5. The van der Waals surface area contributed by atoms with E-state index < -0.39 is 0 Å². The molecule has 5 nitrogen and oxygen atoms in total. The lowest BCUT2D eigenvalue weighted by molar-refractivity contribution is -0.122. The lowest BCUT2D eigenvalue weighted by Gasteiger charge is -2.35. The molecule has 0 aliphatic carbocycles. The highest BCUT2D eigenvalue weighted by atomic mass is 32.1. The SMILES string of the molecule is C[C@H](NC(=O)CN1CCN(c2ccccn2)CC1)c1cccs1. The normalized spacial score (nSPS) is 17.0. The van der Waals surface area contributed by atoms with Crippen LogP contribution < -0.4 is 10.2 Å². The number of carbonyl (C=O) groups excluding carboxylic acids is 1. The molecule has 122 valence electrons. The minimum Gasteiger partial charge on any atom is -0.354 e. The molecule has 6 heteroatoms. The third-order valence-corrected chi connectivity index (χ3v) is 5.12. The van der Waals surface area contributed by atoms with E-state index >= 15 is 0 Å². The molecule has 0 bridgehead atoms. The first-order chi connectivity index (χ1) is 11.2. The maximum atomic E-state index is 12.2. The number of anilines is 1. The van der Waals surface area contributed by atoms with Gasteiger partial charge in [-0.15, -0.1) is 11.3 Å². The van der Waals surface area contributed by atoms with Crippen molar-refractivity contribution in [2.75, 3.05) is 37.6 Å². The van der Waals surface area contributed by atoms with Crippen molar-refractivity contribution in [2.24, 2.45) is 0 Å². The number of aromatic nitrogens is 1. The molecule has 0 spiro atoms. The zero-order valence-electron chi connectivity index (χ0n) is 13.3. The topological polar surface area (TPSA) is 48.5 Å². The summed E-state index contributed by atoms with van der Waals surface area (Å²) in [6.45, 7) is 6.08. The summed E-state index contributed by atoms with van der Waals surface area (Å²) in [5.74, 6) is 1.11. The molecular weight excluding hydrogens is 308 g/mol. The van der Waals surface area contributed by atoms with E-state index in [9.17, 15) is 4.79 Å². The van der Waals surface area contributed by atoms with Crippen LogP contribution in [-0.4, -0.2) is 48.5 Å². The number of rotatable bonds is 5. The van der Waals surface area contributed by atoms with E-state index in [2.05, 4.69) is 26.2 Å². The molecule has 1 aliphatic heterocycles. The van der Waals surface area contributed by atoms with Gasteiger partial charge in [-0.05, 0) is 30.5 Å². The molecule has 0 aromatic carbocycles. The first-order valence-corrected chi connectivity index (χ1v) is 8.81. The number of amides is 1. The molecule has 1 saturated heterocycles. The van der Waals surface area contributed by atoms with Crippen LogP contribution in [0.3, 0.4) is 0 Å². The Kier molecular flexibility index (Phi) is 5.25. The van der Waals surface area contributed by atoms with Gasteiger partial charge in [-0.1, -0.05) is 12.1 Å². The van der Waals surface area contributed by atoms with E-state index in [4.69, 9.17) is 0 Å². The Labute approximate surface area is 140 Å². The van der Waals surface area contributed by atoms with Crippen molar-refractivity contribution in [3.05, 3.63) is 46.8 Å². The predicted octanol–water partition coefficient (Wildman–Crippen LogP) is 2.14. The van der Waals surface area contributed by atoms with Crippen LogP contribution in [0.5, 0.6) is 0 Å². The number of nitrogens with zero attached hydrogens (tertiary/aromatic N) is 3. The molecule has 1 amide bonds. The first-order valence-electron chi connectivity index (χ1n) is 7.93. The van der Waals surface area contributed by atoms with Gasteiger partial charge >= 0.3 is 0 Å². The Hall–Kier alpha value is -1.92. The van der Waals surface area contributed by atoms with Gasteiger partial charge in [0.25, 0.3) is 0 Å². The highest BCUT2D eigenvalue weighted by Gasteiger charge is 2.20. The van der Waals surface area contributed by atoms with Crippen molar-refractivity contribution in [1.29, 1.82) is 0 Å². The molecule has 3 rings (SSSR count). The Bertz CT molecular complexity index is 609. The highest BCUT2D eigenvalue weighted by Crippen LogP contribution is 2.18. The van der Waals surface area contributed by atoms with Gasteiger partial charge in [-0.3, -0.25) is 9.69 Å². The van der Waals surface area contributed by atoms with Crippen LogP contribution in [0.4, 0.5) is 5.82 Å². The van der Waals surface area contributed by atoms with Crippen LogP contribution in [0.1, 0.15) is 17.8 Å². The van der Waals surface area contributed by atoms with E-state index in [0.717, 1.165) is 32.0 Å². The maximum Gasteiger partial charge on any atom is 0.234 e. The molecule has 2 aromatic heterocycles. The molecule has 1 aliphatic rings. The van der Waals surface area contributed by atoms with Crippen LogP contribution in [0.2, 0.25) is 0 Å². The maximum absolute atomic E-state index is 12.2. The number of pyridine rings is 1. The van der Waals surface area contributed by atoms with Gasteiger partial charge in [-0.25, -0.2) is 4.98 Å². The van der Waals surface area contributed by atoms with E-state index in [1.165, 1.54) is 4.88 Å². The van der Waals surface area contributed by atoms with E-state index in [-0.39, 0.29) is 11.9 Å². The van der Waals surface area contributed by atoms with Gasteiger partial charge in [0, 0.05) is 37.3 Å². The minimum atomic E-state index is 0.0808. The summed E-state index contributed by atoms with van der Waals surface area (Å²) in [5, 5.41) is 5.11. The molecule has 23 heavy (non-hydrogen) atoms. The Morgan fingerprint density at radius 1 is 1.26 bits per heavy atom. The zero-order valence-corrected chi connectivity index (χ0v) is 14.1. The van der Waals surface area contributed by atoms with Crippen LogP contribution in [0, 0.1) is 0 Å². The molecular formula is C17H22N4OS. The van der Waals surface area contributed by atoms with Crippen molar-refractivity contribution in [2.45, 2.75) is 13.0 Å². The summed E-state index contributed by atoms with van der Waals surface area (Å²) in [6.07, 6.45) is 1.82. The predicted molar refractivity (Wildman–Crippen MR) is 93.8 cm³/mol. The molecule has 0 radical (unpaired) electrons. The van der Waals surface area contributed by atoms with E-state index in [1.807, 2.05) is 42.8 Å². The van der Waals surface area contributed by atoms with Crippen LogP contribution >= 0.6 is 11.3 Å². The summed E-state index contributed by atoms with van der Waals surface area (Å²) >= 11 is 1.68. The standard InChI is InChI=1S/C17H22N4OS/c1-14(15-5-4-12-23-15)19-17(22)13-20-8-10-21(11-9-20)16-6-2-3-7-18-16/h2-7,12,14H,8-11,13H2,1H3,(H,19,22)/t14-/m0/s1. The first kappa shape index (κ1) is 16.0. The Morgan fingerprint density at radius 3 is 2.74 bits per heavy atom. The minimum absolute atomic E-state index is 0.0808. The van der Waals surface area contributed by atoms with E-state index in [1.54, 1.807) is 11.3 Å². The monoisotopic (exact) mass is 330 g/mol. The summed E-state index contributed by atoms with van der Waals surface area (Å²) in [7, 11) is 0. The lowest BCUT2D eigenvalue weighted by Crippen LogP contribution is -2.49. The second-order valence-electron chi connectivity index (χ2n) is 5.76. The number of carbonyl (C=O) groups is 1. The van der Waals surface area contributed by atoms with Crippen LogP contribution in [-0.2, 0) is 4.79 Å². The fourth-order valence-corrected chi connectivity index (χ4v) is 3.51. The van der Waals surface area contributed by atoms with Crippen LogP contribution in [0.15, 0.2) is 41.9 Å². The number of hydrogen-bond donors (Lipinski definition) is 1. The van der Waals surface area contributed by atoms with E-state index in [0.29, 0.717) is 6.54 Å². The number of thiophene rings is 1. The molecule has 1 atom stereocenters. The number of nitrogens with one attached hydrogen (secondary N) is 1. The van der Waals surface area contributed by atoms with Crippen LogP contribution in [0.25, 0.3) is 0 Å². The van der Waals surface area contributed by atoms with Gasteiger partial charge in [0.05, 0.1) is 12.6 Å². The summed E-state index contributed by atoms with van der Waals surface area (Å²) in [5.41, 5.74) is 0. The average Bonchev–Trinajstić information content (AvgIpc) is 3.11. The highest BCUT2D eigenvalue weighted by molar-refractivity contribution is 7.10. The lowest BCUT2D eigenvalue weighted by atomic mass is 10.2. The molecule has 0 unspecified atom stereocenters. The molecule has 1 fully saturated rings. The average molecular weight is 330 g/mol. The largest absolute Gasteiger partial charge is 0.354 e. The Balaban J connectivity index is 1.44. The molecule has 3 heterocycles. The van der Waals surface area contributed by atoms with Crippen molar-refractivity contribution in [3.63, 3.8) is 0 Å². The van der Waals surface area contributed by atoms with Crippen molar-refractivity contribution < 1.29 is 4.79 Å². The molecule has 2 aromatic rings. The quantitative estimate of drug-likeness (QED) is 0.912. The molecule has 1 N–H and O–H groups in total. The zero-order chi connectivity index (χ0) is 16.1. The van der Waals surface area contributed by atoms with Crippen molar-refractivity contribution in [1.82, 2.24) is 15.2 Å². The second kappa shape index (κ2) is 7.57. The van der Waals surface area contributed by atoms with Crippen molar-refractivity contribution >= 4 is 23.1 Å². The van der Waals surface area contributed by atoms with Gasteiger partial charge in [0.2, 0.25) is 5.91 Å². The van der Waals surface area contributed by atoms with Gasteiger partial charge in [0.1, 0.15) is 5.82 Å². The fraction of sp³-hybridized carbons (Fsp3) is 0.412. The van der Waals surface area contributed by atoms with Crippen molar-refractivity contribution in [3.8, 4) is 0 Å². The second-order valence-corrected chi connectivity index (χ2v) is 6.74. The van der Waals surface area contributed by atoms with Gasteiger partial charge in [-0.2, -0.15) is 0 Å². The summed E-state index contributed by atoms with van der Waals surface area (Å²) < 4.78 is 0. The number of piperazine rings is 1. The van der Waals surface area contributed by atoms with Gasteiger partial charge < -0.3 is 10.2 Å². The summed E-state index contributed by atoms with van der Waals surface area (Å²) in [4.78, 5) is 22.2. The van der Waals surface area contributed by atoms with Gasteiger partial charge in [0.15, 0.2) is 0 Å². The third kappa shape index (κ3) is 4.30. The third-order valence-electron chi connectivity index (χ3n) is 4.06. The smallest absolute Gasteiger partial charge is 0.234 e.